The van der Waals surface area contributed by atoms with Gasteiger partial charge in [0, 0.05) is 29.7 Å². The number of rotatable bonds is 2. The molecule has 0 bridgehead atoms. The van der Waals surface area contributed by atoms with Gasteiger partial charge in [0.2, 0.25) is 0 Å². The smallest absolute Gasteiger partial charge is 0.352 e. The van der Waals surface area contributed by atoms with Crippen molar-refractivity contribution in [2.45, 2.75) is 25.7 Å². The number of nitrogens with one attached hydrogen (secondary N) is 1. The molecule has 0 amide bonds. The molecule has 3 rings (SSSR count). The van der Waals surface area contributed by atoms with Crippen molar-refractivity contribution >= 4 is 22.6 Å². The summed E-state index contributed by atoms with van der Waals surface area (Å²) < 4.78 is 0. The Balaban J connectivity index is 1.93. The van der Waals surface area contributed by atoms with Gasteiger partial charge in [-0.1, -0.05) is 12.8 Å². The van der Waals surface area contributed by atoms with E-state index in [1.54, 1.807) is 6.07 Å². The number of nitrogens with zero attached hydrogens (tertiary/aromatic N) is 1. The molecule has 2 N–H and O–H groups in total. The van der Waals surface area contributed by atoms with Gasteiger partial charge >= 0.3 is 5.97 Å². The summed E-state index contributed by atoms with van der Waals surface area (Å²) >= 11 is 0. The lowest BCUT2D eigenvalue weighted by atomic mass is 10.2. The standard InChI is InChI=1S/C15H18N2O2/c18-15(19)14-10-11-9-12(5-6-13(11)16-14)17-7-3-1-2-4-8-17/h5-6,9-10,16H,1-4,7-8H2,(H,18,19). The molecule has 100 valence electrons. The number of hydrogen-bond acceptors (Lipinski definition) is 2. The number of carboxylic acids is 1. The number of hydrogen-bond donors (Lipinski definition) is 2. The summed E-state index contributed by atoms with van der Waals surface area (Å²) in [5.41, 5.74) is 2.34. The van der Waals surface area contributed by atoms with Crippen LogP contribution in [0.5, 0.6) is 0 Å². The van der Waals surface area contributed by atoms with Gasteiger partial charge in [-0.2, -0.15) is 0 Å². The van der Waals surface area contributed by atoms with Crippen molar-refractivity contribution in [2.75, 3.05) is 18.0 Å². The van der Waals surface area contributed by atoms with Gasteiger partial charge in [-0.25, -0.2) is 4.79 Å². The molecule has 0 atom stereocenters. The summed E-state index contributed by atoms with van der Waals surface area (Å²) in [6.45, 7) is 2.20. The summed E-state index contributed by atoms with van der Waals surface area (Å²) in [5, 5.41) is 9.97. The lowest BCUT2D eigenvalue weighted by Crippen LogP contribution is -2.23. The van der Waals surface area contributed by atoms with Crippen molar-refractivity contribution in [3.63, 3.8) is 0 Å². The molecule has 2 aromatic rings. The molecule has 0 saturated carbocycles. The van der Waals surface area contributed by atoms with Gasteiger partial charge in [-0.3, -0.25) is 0 Å². The van der Waals surface area contributed by atoms with Crippen LogP contribution in [0.1, 0.15) is 36.2 Å². The largest absolute Gasteiger partial charge is 0.477 e. The minimum Gasteiger partial charge on any atom is -0.477 e. The molecule has 2 heterocycles. The third-order valence-electron chi connectivity index (χ3n) is 3.81. The first-order chi connectivity index (χ1) is 9.24. The van der Waals surface area contributed by atoms with Crippen molar-refractivity contribution in [1.29, 1.82) is 0 Å². The molecule has 4 nitrogen and oxygen atoms in total. The molecular formula is C15H18N2O2. The van der Waals surface area contributed by atoms with Gasteiger partial charge in [0.1, 0.15) is 5.69 Å². The first kappa shape index (κ1) is 12.1. The molecule has 0 aliphatic carbocycles. The van der Waals surface area contributed by atoms with Crippen molar-refractivity contribution in [3.8, 4) is 0 Å². The second kappa shape index (κ2) is 4.96. The Bertz CT molecular complexity index is 595. The molecule has 1 aromatic carbocycles. The number of aromatic carboxylic acids is 1. The van der Waals surface area contributed by atoms with E-state index in [1.165, 1.54) is 31.4 Å². The Labute approximate surface area is 112 Å². The second-order valence-electron chi connectivity index (χ2n) is 5.16. The van der Waals surface area contributed by atoms with Crippen LogP contribution in [0.3, 0.4) is 0 Å². The number of aromatic amines is 1. The maximum absolute atomic E-state index is 11.0. The fourth-order valence-corrected chi connectivity index (χ4v) is 2.76. The maximum atomic E-state index is 11.0. The van der Waals surface area contributed by atoms with Crippen LogP contribution >= 0.6 is 0 Å². The van der Waals surface area contributed by atoms with Crippen molar-refractivity contribution in [2.24, 2.45) is 0 Å². The molecule has 0 unspecified atom stereocenters. The van der Waals surface area contributed by atoms with E-state index in [9.17, 15) is 4.79 Å². The molecular weight excluding hydrogens is 240 g/mol. The van der Waals surface area contributed by atoms with Gasteiger partial charge in [0.25, 0.3) is 0 Å². The van der Waals surface area contributed by atoms with Crippen LogP contribution in [0, 0.1) is 0 Å². The molecule has 19 heavy (non-hydrogen) atoms. The Kier molecular flexibility index (Phi) is 3.15. The normalized spacial score (nSPS) is 16.5. The summed E-state index contributed by atoms with van der Waals surface area (Å²) in [5.74, 6) is -0.910. The Hall–Kier alpha value is -1.97. The molecule has 1 fully saturated rings. The Morgan fingerprint density at radius 2 is 1.84 bits per heavy atom. The van der Waals surface area contributed by atoms with Gasteiger partial charge < -0.3 is 15.0 Å². The van der Waals surface area contributed by atoms with E-state index >= 15 is 0 Å². The van der Waals surface area contributed by atoms with Crippen LogP contribution < -0.4 is 4.90 Å². The Morgan fingerprint density at radius 3 is 2.53 bits per heavy atom. The molecule has 4 heteroatoms. The van der Waals surface area contributed by atoms with Gasteiger partial charge in [-0.15, -0.1) is 0 Å². The molecule has 0 spiro atoms. The predicted octanol–water partition coefficient (Wildman–Crippen LogP) is 3.25. The summed E-state index contributed by atoms with van der Waals surface area (Å²) in [7, 11) is 0. The average molecular weight is 258 g/mol. The molecule has 1 aromatic heterocycles. The highest BCUT2D eigenvalue weighted by molar-refractivity contribution is 5.94. The minimum absolute atomic E-state index is 0.253. The summed E-state index contributed by atoms with van der Waals surface area (Å²) in [4.78, 5) is 16.3. The highest BCUT2D eigenvalue weighted by Gasteiger charge is 2.12. The van der Waals surface area contributed by atoms with Crippen molar-refractivity contribution in [1.82, 2.24) is 4.98 Å². The zero-order valence-electron chi connectivity index (χ0n) is 10.9. The second-order valence-corrected chi connectivity index (χ2v) is 5.16. The van der Waals surface area contributed by atoms with E-state index in [0.29, 0.717) is 0 Å². The number of H-pyrrole nitrogens is 1. The lowest BCUT2D eigenvalue weighted by molar-refractivity contribution is 0.0691. The SMILES string of the molecule is O=C(O)c1cc2cc(N3CCCCCC3)ccc2[nH]1. The average Bonchev–Trinajstić information content (AvgIpc) is 2.64. The molecule has 1 saturated heterocycles. The van der Waals surface area contributed by atoms with E-state index in [1.807, 2.05) is 6.07 Å². The number of aromatic nitrogens is 1. The van der Waals surface area contributed by atoms with Crippen molar-refractivity contribution < 1.29 is 9.90 Å². The summed E-state index contributed by atoms with van der Waals surface area (Å²) in [6, 6.07) is 7.85. The molecule has 0 radical (unpaired) electrons. The quantitative estimate of drug-likeness (QED) is 0.869. The first-order valence-electron chi connectivity index (χ1n) is 6.85. The van der Waals surface area contributed by atoms with E-state index in [2.05, 4.69) is 22.0 Å². The Morgan fingerprint density at radius 1 is 1.11 bits per heavy atom. The van der Waals surface area contributed by atoms with Gasteiger partial charge in [0.05, 0.1) is 0 Å². The third-order valence-corrected chi connectivity index (χ3v) is 3.81. The van der Waals surface area contributed by atoms with Crippen LogP contribution in [0.15, 0.2) is 24.3 Å². The van der Waals surface area contributed by atoms with Crippen LogP contribution in [0.25, 0.3) is 10.9 Å². The lowest BCUT2D eigenvalue weighted by Gasteiger charge is -2.22. The number of anilines is 1. The van der Waals surface area contributed by atoms with E-state index in [-0.39, 0.29) is 5.69 Å². The van der Waals surface area contributed by atoms with E-state index in [0.717, 1.165) is 24.0 Å². The number of benzene rings is 1. The predicted molar refractivity (Wildman–Crippen MR) is 75.9 cm³/mol. The van der Waals surface area contributed by atoms with Crippen LogP contribution in [-0.4, -0.2) is 29.1 Å². The van der Waals surface area contributed by atoms with E-state index in [4.69, 9.17) is 5.11 Å². The summed E-state index contributed by atoms with van der Waals surface area (Å²) in [6.07, 6.45) is 5.11. The number of carbonyl (C=O) groups is 1. The first-order valence-corrected chi connectivity index (χ1v) is 6.85. The van der Waals surface area contributed by atoms with Crippen LogP contribution in [-0.2, 0) is 0 Å². The van der Waals surface area contributed by atoms with Crippen LogP contribution in [0.4, 0.5) is 5.69 Å². The number of carboxylic acid groups (broad SMARTS) is 1. The molecule has 1 aliphatic heterocycles. The zero-order chi connectivity index (χ0) is 13.2. The molecule has 1 aliphatic rings. The monoisotopic (exact) mass is 258 g/mol. The fraction of sp³-hybridized carbons (Fsp3) is 0.400. The maximum Gasteiger partial charge on any atom is 0.352 e. The topological polar surface area (TPSA) is 56.3 Å². The highest BCUT2D eigenvalue weighted by atomic mass is 16.4. The fourth-order valence-electron chi connectivity index (χ4n) is 2.76. The zero-order valence-corrected chi connectivity index (χ0v) is 10.9. The third kappa shape index (κ3) is 2.43. The van der Waals surface area contributed by atoms with E-state index < -0.39 is 5.97 Å². The number of fused-ring (bicyclic) bond motifs is 1. The van der Waals surface area contributed by atoms with Gasteiger partial charge in [0.15, 0.2) is 0 Å². The van der Waals surface area contributed by atoms with Gasteiger partial charge in [-0.05, 0) is 37.1 Å². The highest BCUT2D eigenvalue weighted by Crippen LogP contribution is 2.25. The van der Waals surface area contributed by atoms with Crippen LogP contribution in [0.2, 0.25) is 0 Å². The van der Waals surface area contributed by atoms with Crippen molar-refractivity contribution in [3.05, 3.63) is 30.0 Å². The minimum atomic E-state index is -0.910.